The van der Waals surface area contributed by atoms with Crippen molar-refractivity contribution in [3.05, 3.63) is 12.7 Å². The maximum Gasteiger partial charge on any atom is 0.00695 e. The zero-order valence-electron chi connectivity index (χ0n) is 11.0. The van der Waals surface area contributed by atoms with E-state index in [-0.39, 0.29) is 0 Å². The number of allylic oxidation sites excluding steroid dienone is 1. The van der Waals surface area contributed by atoms with Crippen LogP contribution < -0.4 is 5.32 Å². The van der Waals surface area contributed by atoms with Gasteiger partial charge in [-0.3, -0.25) is 0 Å². The van der Waals surface area contributed by atoms with Crippen molar-refractivity contribution < 1.29 is 0 Å². The van der Waals surface area contributed by atoms with Crippen LogP contribution in [-0.4, -0.2) is 12.6 Å². The molecule has 0 aromatic rings. The molecule has 2 unspecified atom stereocenters. The van der Waals surface area contributed by atoms with E-state index in [1.165, 1.54) is 57.8 Å². The van der Waals surface area contributed by atoms with Crippen LogP contribution in [0, 0.1) is 5.92 Å². The van der Waals surface area contributed by atoms with E-state index in [0.29, 0.717) is 0 Å². The van der Waals surface area contributed by atoms with Gasteiger partial charge in [0, 0.05) is 6.04 Å². The maximum absolute atomic E-state index is 3.77. The number of rotatable bonds is 8. The van der Waals surface area contributed by atoms with Crippen molar-refractivity contribution in [3.63, 3.8) is 0 Å². The molecule has 1 saturated carbocycles. The Morgan fingerprint density at radius 3 is 2.88 bits per heavy atom. The highest BCUT2D eigenvalue weighted by Crippen LogP contribution is 2.28. The molecule has 0 spiro atoms. The highest BCUT2D eigenvalue weighted by molar-refractivity contribution is 4.77. The molecule has 0 heterocycles. The van der Waals surface area contributed by atoms with Gasteiger partial charge in [0.1, 0.15) is 0 Å². The molecular formula is C15H29N. The molecule has 1 nitrogen and oxygen atoms in total. The lowest BCUT2D eigenvalue weighted by molar-refractivity contribution is 0.270. The molecule has 0 aromatic heterocycles. The summed E-state index contributed by atoms with van der Waals surface area (Å²) in [7, 11) is 0. The van der Waals surface area contributed by atoms with Gasteiger partial charge in [0.25, 0.3) is 0 Å². The van der Waals surface area contributed by atoms with Crippen LogP contribution in [0.3, 0.4) is 0 Å². The first kappa shape index (κ1) is 13.8. The van der Waals surface area contributed by atoms with Crippen LogP contribution >= 0.6 is 0 Å². The Labute approximate surface area is 102 Å². The minimum atomic E-state index is 0.817. The zero-order chi connectivity index (χ0) is 11.6. The van der Waals surface area contributed by atoms with Crippen molar-refractivity contribution in [2.24, 2.45) is 5.92 Å². The summed E-state index contributed by atoms with van der Waals surface area (Å²) in [6.45, 7) is 7.13. The van der Waals surface area contributed by atoms with E-state index in [1.807, 2.05) is 6.08 Å². The summed E-state index contributed by atoms with van der Waals surface area (Å²) in [5.41, 5.74) is 0. The Bertz CT molecular complexity index is 174. The first-order valence-corrected chi connectivity index (χ1v) is 7.21. The molecule has 1 aliphatic rings. The second-order valence-electron chi connectivity index (χ2n) is 5.21. The molecule has 94 valence electrons. The third-order valence-corrected chi connectivity index (χ3v) is 3.80. The second kappa shape index (κ2) is 8.81. The fourth-order valence-electron chi connectivity index (χ4n) is 2.93. The average molecular weight is 223 g/mol. The zero-order valence-corrected chi connectivity index (χ0v) is 11.0. The van der Waals surface area contributed by atoms with E-state index in [4.69, 9.17) is 0 Å². The number of nitrogens with one attached hydrogen (secondary N) is 1. The lowest BCUT2D eigenvalue weighted by Gasteiger charge is -2.29. The molecule has 0 saturated heterocycles. The van der Waals surface area contributed by atoms with Gasteiger partial charge in [0.2, 0.25) is 0 Å². The summed E-state index contributed by atoms with van der Waals surface area (Å²) in [5.74, 6) is 1.00. The van der Waals surface area contributed by atoms with E-state index < -0.39 is 0 Å². The third-order valence-electron chi connectivity index (χ3n) is 3.80. The molecule has 1 N–H and O–H groups in total. The van der Waals surface area contributed by atoms with E-state index >= 15 is 0 Å². The highest BCUT2D eigenvalue weighted by Gasteiger charge is 2.20. The average Bonchev–Trinajstić information content (AvgIpc) is 2.30. The summed E-state index contributed by atoms with van der Waals surface area (Å²) in [6, 6.07) is 0.817. The fraction of sp³-hybridized carbons (Fsp3) is 0.867. The molecule has 1 rings (SSSR count). The first-order chi connectivity index (χ1) is 7.86. The SMILES string of the molecule is C=CCCCCCC1CCCC(NCC)C1. The van der Waals surface area contributed by atoms with Gasteiger partial charge >= 0.3 is 0 Å². The summed E-state index contributed by atoms with van der Waals surface area (Å²) < 4.78 is 0. The summed E-state index contributed by atoms with van der Waals surface area (Å²) in [6.07, 6.45) is 14.6. The molecule has 1 aliphatic carbocycles. The lowest BCUT2D eigenvalue weighted by atomic mass is 9.82. The molecule has 0 amide bonds. The molecule has 0 radical (unpaired) electrons. The smallest absolute Gasteiger partial charge is 0.00695 e. The molecule has 0 aromatic carbocycles. The monoisotopic (exact) mass is 223 g/mol. The normalized spacial score (nSPS) is 25.6. The van der Waals surface area contributed by atoms with Gasteiger partial charge in [-0.05, 0) is 38.1 Å². The second-order valence-corrected chi connectivity index (χ2v) is 5.21. The van der Waals surface area contributed by atoms with Crippen LogP contribution in [0.15, 0.2) is 12.7 Å². The van der Waals surface area contributed by atoms with Gasteiger partial charge in [-0.2, -0.15) is 0 Å². The van der Waals surface area contributed by atoms with Gasteiger partial charge in [-0.25, -0.2) is 0 Å². The van der Waals surface area contributed by atoms with Crippen LogP contribution in [-0.2, 0) is 0 Å². The molecular weight excluding hydrogens is 194 g/mol. The number of hydrogen-bond acceptors (Lipinski definition) is 1. The van der Waals surface area contributed by atoms with Gasteiger partial charge in [0.15, 0.2) is 0 Å². The number of unbranched alkanes of at least 4 members (excludes halogenated alkanes) is 3. The van der Waals surface area contributed by atoms with Crippen molar-refractivity contribution in [2.75, 3.05) is 6.54 Å². The summed E-state index contributed by atoms with van der Waals surface area (Å²) >= 11 is 0. The Balaban J connectivity index is 2.04. The van der Waals surface area contributed by atoms with E-state index in [1.54, 1.807) is 0 Å². The molecule has 16 heavy (non-hydrogen) atoms. The summed E-state index contributed by atoms with van der Waals surface area (Å²) in [5, 5.41) is 3.61. The minimum absolute atomic E-state index is 0.817. The first-order valence-electron chi connectivity index (χ1n) is 7.21. The summed E-state index contributed by atoms with van der Waals surface area (Å²) in [4.78, 5) is 0. The van der Waals surface area contributed by atoms with Gasteiger partial charge in [-0.15, -0.1) is 6.58 Å². The van der Waals surface area contributed by atoms with Gasteiger partial charge in [-0.1, -0.05) is 45.1 Å². The van der Waals surface area contributed by atoms with Crippen molar-refractivity contribution in [2.45, 2.75) is 70.8 Å². The van der Waals surface area contributed by atoms with Crippen LogP contribution in [0.25, 0.3) is 0 Å². The Morgan fingerprint density at radius 2 is 2.12 bits per heavy atom. The van der Waals surface area contributed by atoms with Crippen LogP contribution in [0.1, 0.15) is 64.7 Å². The minimum Gasteiger partial charge on any atom is -0.314 e. The third kappa shape index (κ3) is 5.69. The van der Waals surface area contributed by atoms with Gasteiger partial charge < -0.3 is 5.32 Å². The van der Waals surface area contributed by atoms with Gasteiger partial charge in [0.05, 0.1) is 0 Å². The van der Waals surface area contributed by atoms with E-state index in [0.717, 1.165) is 18.5 Å². The lowest BCUT2D eigenvalue weighted by Crippen LogP contribution is -2.33. The quantitative estimate of drug-likeness (QED) is 0.478. The molecule has 0 aliphatic heterocycles. The fourth-order valence-corrected chi connectivity index (χ4v) is 2.93. The van der Waals surface area contributed by atoms with Crippen molar-refractivity contribution in [3.8, 4) is 0 Å². The standard InChI is InChI=1S/C15H29N/c1-3-5-6-7-8-10-14-11-9-12-15(13-14)16-4-2/h3,14-16H,1,4-13H2,2H3. The van der Waals surface area contributed by atoms with Crippen LogP contribution in [0.2, 0.25) is 0 Å². The molecule has 0 bridgehead atoms. The molecule has 2 atom stereocenters. The Hall–Kier alpha value is -0.300. The predicted octanol–water partition coefficient (Wildman–Crippen LogP) is 4.29. The van der Waals surface area contributed by atoms with Crippen LogP contribution in [0.5, 0.6) is 0 Å². The highest BCUT2D eigenvalue weighted by atomic mass is 14.9. The topological polar surface area (TPSA) is 12.0 Å². The Morgan fingerprint density at radius 1 is 1.25 bits per heavy atom. The van der Waals surface area contributed by atoms with Crippen molar-refractivity contribution >= 4 is 0 Å². The van der Waals surface area contributed by atoms with Crippen LogP contribution in [0.4, 0.5) is 0 Å². The van der Waals surface area contributed by atoms with E-state index in [2.05, 4.69) is 18.8 Å². The van der Waals surface area contributed by atoms with E-state index in [9.17, 15) is 0 Å². The van der Waals surface area contributed by atoms with Crippen molar-refractivity contribution in [1.29, 1.82) is 0 Å². The Kier molecular flexibility index (Phi) is 7.58. The predicted molar refractivity (Wildman–Crippen MR) is 72.7 cm³/mol. The largest absolute Gasteiger partial charge is 0.314 e. The maximum atomic E-state index is 3.77. The molecule has 1 fully saturated rings. The number of hydrogen-bond donors (Lipinski definition) is 1. The van der Waals surface area contributed by atoms with Crippen molar-refractivity contribution in [1.82, 2.24) is 5.32 Å². The molecule has 1 heteroatoms.